The Kier molecular flexibility index (Phi) is 17.0. The fourth-order valence-corrected chi connectivity index (χ4v) is 5.03. The lowest BCUT2D eigenvalue weighted by molar-refractivity contribution is -0.137. The van der Waals surface area contributed by atoms with E-state index < -0.39 is 16.0 Å². The van der Waals surface area contributed by atoms with Gasteiger partial charge in [0.25, 0.3) is 0 Å². The second kappa shape index (κ2) is 19.1. The van der Waals surface area contributed by atoms with Gasteiger partial charge in [-0.2, -0.15) is 0 Å². The summed E-state index contributed by atoms with van der Waals surface area (Å²) >= 11 is 0. The molecule has 206 valence electrons. The maximum Gasteiger partial charge on any atom is 0.332 e. The zero-order chi connectivity index (χ0) is 26.7. The number of anilines is 1. The van der Waals surface area contributed by atoms with Crippen molar-refractivity contribution >= 4 is 21.7 Å². The molecule has 36 heavy (non-hydrogen) atoms. The highest BCUT2D eigenvalue weighted by molar-refractivity contribution is 7.89. The Morgan fingerprint density at radius 3 is 2.00 bits per heavy atom. The smallest absolute Gasteiger partial charge is 0.332 e. The van der Waals surface area contributed by atoms with Gasteiger partial charge >= 0.3 is 5.97 Å². The number of esters is 1. The SMILES string of the molecule is CCCCCCCCCCCCCCNS(=O)(=O)c1ccc(OC)c(NC(=CC(=O)OCC)CC)c1. The van der Waals surface area contributed by atoms with Crippen LogP contribution < -0.4 is 14.8 Å². The average Bonchev–Trinajstić information content (AvgIpc) is 2.86. The molecular formula is C28H48N2O5S. The molecule has 0 saturated carbocycles. The number of hydrogen-bond donors (Lipinski definition) is 2. The van der Waals surface area contributed by atoms with E-state index in [4.69, 9.17) is 9.47 Å². The zero-order valence-electron chi connectivity index (χ0n) is 22.9. The second-order valence-electron chi connectivity index (χ2n) is 9.05. The van der Waals surface area contributed by atoms with Gasteiger partial charge in [0.05, 0.1) is 24.3 Å². The topological polar surface area (TPSA) is 93.7 Å². The van der Waals surface area contributed by atoms with Crippen molar-refractivity contribution < 1.29 is 22.7 Å². The van der Waals surface area contributed by atoms with E-state index in [9.17, 15) is 13.2 Å². The minimum Gasteiger partial charge on any atom is -0.495 e. The molecule has 0 aliphatic rings. The van der Waals surface area contributed by atoms with E-state index in [0.29, 0.717) is 30.1 Å². The Balaban J connectivity index is 2.49. The minimum atomic E-state index is -3.65. The summed E-state index contributed by atoms with van der Waals surface area (Å²) in [6.45, 7) is 6.58. The molecule has 0 amide bonds. The molecule has 0 radical (unpaired) electrons. The first kappa shape index (κ1) is 32.0. The fourth-order valence-electron chi connectivity index (χ4n) is 3.93. The maximum atomic E-state index is 12.8. The number of allylic oxidation sites excluding steroid dienone is 1. The molecule has 2 N–H and O–H groups in total. The van der Waals surface area contributed by atoms with Crippen molar-refractivity contribution in [3.8, 4) is 5.75 Å². The molecule has 1 aromatic carbocycles. The van der Waals surface area contributed by atoms with Crippen molar-refractivity contribution in [1.82, 2.24) is 4.72 Å². The first-order chi connectivity index (χ1) is 17.4. The van der Waals surface area contributed by atoms with Gasteiger partial charge in [-0.3, -0.25) is 0 Å². The third kappa shape index (κ3) is 13.3. The number of hydrogen-bond acceptors (Lipinski definition) is 6. The van der Waals surface area contributed by atoms with Crippen LogP contribution in [-0.4, -0.2) is 34.6 Å². The standard InChI is InChI=1S/C28H48N2O5S/c1-5-8-9-10-11-12-13-14-15-16-17-18-21-29-36(32,33)25-19-20-27(34-4)26(23-25)30-24(6-2)22-28(31)35-7-3/h19-20,22-23,29-30H,5-18,21H2,1-4H3. The predicted octanol–water partition coefficient (Wildman–Crippen LogP) is 6.94. The molecule has 1 rings (SSSR count). The van der Waals surface area contributed by atoms with Gasteiger partial charge in [0.1, 0.15) is 5.75 Å². The van der Waals surface area contributed by atoms with Crippen molar-refractivity contribution in [3.63, 3.8) is 0 Å². The molecule has 7 nitrogen and oxygen atoms in total. The summed E-state index contributed by atoms with van der Waals surface area (Å²) in [6, 6.07) is 4.66. The first-order valence-corrected chi connectivity index (χ1v) is 15.2. The van der Waals surface area contributed by atoms with Gasteiger partial charge in [0.15, 0.2) is 0 Å². The summed E-state index contributed by atoms with van der Waals surface area (Å²) in [5, 5.41) is 3.11. The Hall–Kier alpha value is -2.06. The van der Waals surface area contributed by atoms with Gasteiger partial charge in [-0.15, -0.1) is 0 Å². The molecule has 0 saturated heterocycles. The molecule has 0 aliphatic carbocycles. The molecule has 8 heteroatoms. The summed E-state index contributed by atoms with van der Waals surface area (Å²) in [6.07, 6.45) is 16.8. The van der Waals surface area contributed by atoms with Crippen LogP contribution in [-0.2, 0) is 19.6 Å². The van der Waals surface area contributed by atoms with Crippen molar-refractivity contribution in [1.29, 1.82) is 0 Å². The van der Waals surface area contributed by atoms with Gasteiger partial charge in [-0.1, -0.05) is 84.5 Å². The van der Waals surface area contributed by atoms with Crippen molar-refractivity contribution in [2.24, 2.45) is 0 Å². The lowest BCUT2D eigenvalue weighted by Gasteiger charge is -2.15. The van der Waals surface area contributed by atoms with Gasteiger partial charge in [-0.05, 0) is 38.0 Å². The van der Waals surface area contributed by atoms with Crippen LogP contribution in [0.25, 0.3) is 0 Å². The quantitative estimate of drug-likeness (QED) is 0.103. The number of sulfonamides is 1. The Morgan fingerprint density at radius 2 is 1.47 bits per heavy atom. The molecule has 0 heterocycles. The van der Waals surface area contributed by atoms with Crippen LogP contribution in [0, 0.1) is 0 Å². The average molecular weight is 525 g/mol. The van der Waals surface area contributed by atoms with E-state index in [1.54, 1.807) is 13.0 Å². The fraction of sp³-hybridized carbons (Fsp3) is 0.679. The molecular weight excluding hydrogens is 476 g/mol. The van der Waals surface area contributed by atoms with Crippen LogP contribution in [0.2, 0.25) is 0 Å². The third-order valence-corrected chi connectivity index (χ3v) is 7.52. The number of nitrogens with one attached hydrogen (secondary N) is 2. The number of unbranched alkanes of at least 4 members (excludes halogenated alkanes) is 11. The molecule has 0 atom stereocenters. The Labute approximate surface area is 219 Å². The van der Waals surface area contributed by atoms with Crippen LogP contribution >= 0.6 is 0 Å². The number of methoxy groups -OCH3 is 1. The molecule has 0 aliphatic heterocycles. The summed E-state index contributed by atoms with van der Waals surface area (Å²) in [7, 11) is -2.14. The summed E-state index contributed by atoms with van der Waals surface area (Å²) in [4.78, 5) is 12.0. The van der Waals surface area contributed by atoms with E-state index in [0.717, 1.165) is 19.3 Å². The molecule has 0 unspecified atom stereocenters. The Morgan fingerprint density at radius 1 is 0.889 bits per heavy atom. The van der Waals surface area contributed by atoms with E-state index in [-0.39, 0.29) is 11.5 Å². The number of ether oxygens (including phenoxy) is 2. The van der Waals surface area contributed by atoms with Crippen LogP contribution in [0.4, 0.5) is 5.69 Å². The predicted molar refractivity (Wildman–Crippen MR) is 148 cm³/mol. The highest BCUT2D eigenvalue weighted by Crippen LogP contribution is 2.29. The van der Waals surface area contributed by atoms with Crippen molar-refractivity contribution in [2.45, 2.75) is 109 Å². The van der Waals surface area contributed by atoms with E-state index in [1.165, 1.54) is 83.1 Å². The van der Waals surface area contributed by atoms with E-state index in [1.807, 2.05) is 6.92 Å². The third-order valence-electron chi connectivity index (χ3n) is 6.06. The monoisotopic (exact) mass is 524 g/mol. The lowest BCUT2D eigenvalue weighted by atomic mass is 10.1. The number of carbonyl (C=O) groups is 1. The lowest BCUT2D eigenvalue weighted by Crippen LogP contribution is -2.25. The zero-order valence-corrected chi connectivity index (χ0v) is 23.7. The van der Waals surface area contributed by atoms with Gasteiger partial charge < -0.3 is 14.8 Å². The van der Waals surface area contributed by atoms with Gasteiger partial charge in [0, 0.05) is 18.3 Å². The normalized spacial score (nSPS) is 11.9. The van der Waals surface area contributed by atoms with Crippen LogP contribution in [0.15, 0.2) is 34.9 Å². The first-order valence-electron chi connectivity index (χ1n) is 13.7. The van der Waals surface area contributed by atoms with E-state index in [2.05, 4.69) is 17.0 Å². The molecule has 0 bridgehead atoms. The van der Waals surface area contributed by atoms with Crippen LogP contribution in [0.3, 0.4) is 0 Å². The van der Waals surface area contributed by atoms with E-state index >= 15 is 0 Å². The molecule has 1 aromatic rings. The summed E-state index contributed by atoms with van der Waals surface area (Å²) < 4.78 is 38.7. The van der Waals surface area contributed by atoms with Crippen LogP contribution in [0.5, 0.6) is 5.75 Å². The van der Waals surface area contributed by atoms with Crippen molar-refractivity contribution in [3.05, 3.63) is 30.0 Å². The minimum absolute atomic E-state index is 0.149. The largest absolute Gasteiger partial charge is 0.495 e. The Bertz CT molecular complexity index is 884. The highest BCUT2D eigenvalue weighted by atomic mass is 32.2. The number of carbonyl (C=O) groups excluding carboxylic acids is 1. The van der Waals surface area contributed by atoms with Crippen molar-refractivity contribution in [2.75, 3.05) is 25.6 Å². The van der Waals surface area contributed by atoms with Crippen LogP contribution in [0.1, 0.15) is 104 Å². The molecule has 0 fully saturated rings. The summed E-state index contributed by atoms with van der Waals surface area (Å²) in [5.74, 6) is 0.0341. The highest BCUT2D eigenvalue weighted by Gasteiger charge is 2.17. The molecule has 0 spiro atoms. The number of benzene rings is 1. The molecule has 0 aromatic heterocycles. The second-order valence-corrected chi connectivity index (χ2v) is 10.8. The summed E-state index contributed by atoms with van der Waals surface area (Å²) in [5.41, 5.74) is 1.08. The van der Waals surface area contributed by atoms with Gasteiger partial charge in [0.2, 0.25) is 10.0 Å². The van der Waals surface area contributed by atoms with Gasteiger partial charge in [-0.25, -0.2) is 17.9 Å². The number of rotatable bonds is 21. The maximum absolute atomic E-state index is 12.8.